The van der Waals surface area contributed by atoms with Gasteiger partial charge in [0, 0.05) is 0 Å². The van der Waals surface area contributed by atoms with E-state index in [1.54, 1.807) is 13.0 Å². The molecule has 0 aromatic carbocycles. The van der Waals surface area contributed by atoms with Gasteiger partial charge in [0.05, 0.1) is 18.8 Å². The Labute approximate surface area is 166 Å². The summed E-state index contributed by atoms with van der Waals surface area (Å²) in [5.74, 6) is -0.561. The van der Waals surface area contributed by atoms with Crippen molar-refractivity contribution in [1.82, 2.24) is 5.32 Å². The molecule has 0 aromatic heterocycles. The second-order valence-electron chi connectivity index (χ2n) is 7.46. The number of aliphatic hydroxyl groups is 3. The Bertz CT molecular complexity index is 373. The molecule has 0 aromatic rings. The highest BCUT2D eigenvalue weighted by Gasteiger charge is 2.21. The van der Waals surface area contributed by atoms with E-state index < -0.39 is 24.2 Å². The van der Waals surface area contributed by atoms with Gasteiger partial charge in [-0.3, -0.25) is 4.79 Å². The van der Waals surface area contributed by atoms with Crippen LogP contribution < -0.4 is 5.32 Å². The molecule has 0 saturated carbocycles. The lowest BCUT2D eigenvalue weighted by atomic mass is 10.0. The number of unbranched alkanes of at least 4 members (excludes halogenated alkanes) is 11. The summed E-state index contributed by atoms with van der Waals surface area (Å²) in [5.41, 5.74) is 0. The Morgan fingerprint density at radius 1 is 0.889 bits per heavy atom. The molecular formula is C22H43NO4. The van der Waals surface area contributed by atoms with Gasteiger partial charge < -0.3 is 20.6 Å². The van der Waals surface area contributed by atoms with Gasteiger partial charge in [-0.25, -0.2) is 0 Å². The van der Waals surface area contributed by atoms with Crippen LogP contribution in [0.3, 0.4) is 0 Å². The van der Waals surface area contributed by atoms with E-state index in [2.05, 4.69) is 12.2 Å². The highest BCUT2D eigenvalue weighted by molar-refractivity contribution is 5.80. The maximum atomic E-state index is 11.6. The summed E-state index contributed by atoms with van der Waals surface area (Å²) in [4.78, 5) is 11.6. The van der Waals surface area contributed by atoms with E-state index in [1.165, 1.54) is 64.2 Å². The third-order valence-corrected chi connectivity index (χ3v) is 4.93. The van der Waals surface area contributed by atoms with E-state index in [4.69, 9.17) is 0 Å². The van der Waals surface area contributed by atoms with Crippen LogP contribution in [0.25, 0.3) is 0 Å². The smallest absolute Gasteiger partial charge is 0.249 e. The zero-order chi connectivity index (χ0) is 20.3. The molecule has 5 heteroatoms. The molecule has 27 heavy (non-hydrogen) atoms. The number of aliphatic hydroxyl groups excluding tert-OH is 3. The van der Waals surface area contributed by atoms with Crippen molar-refractivity contribution in [2.75, 3.05) is 6.61 Å². The van der Waals surface area contributed by atoms with Crippen LogP contribution in [0.2, 0.25) is 0 Å². The van der Waals surface area contributed by atoms with Gasteiger partial charge in [0.2, 0.25) is 5.91 Å². The normalized spacial score (nSPS) is 15.0. The fraction of sp³-hybridized carbons (Fsp3) is 0.864. The largest absolute Gasteiger partial charge is 0.394 e. The highest BCUT2D eigenvalue weighted by Crippen LogP contribution is 2.12. The van der Waals surface area contributed by atoms with Crippen LogP contribution in [-0.4, -0.2) is 46.1 Å². The van der Waals surface area contributed by atoms with Crippen molar-refractivity contribution in [3.63, 3.8) is 0 Å². The molecule has 0 bridgehead atoms. The summed E-state index contributed by atoms with van der Waals surface area (Å²) < 4.78 is 0. The van der Waals surface area contributed by atoms with Crippen molar-refractivity contribution in [1.29, 1.82) is 0 Å². The van der Waals surface area contributed by atoms with Crippen molar-refractivity contribution >= 4 is 5.91 Å². The molecule has 1 amide bonds. The second-order valence-corrected chi connectivity index (χ2v) is 7.46. The summed E-state index contributed by atoms with van der Waals surface area (Å²) in [7, 11) is 0. The standard InChI is InChI=1S/C22H43NO4/c1-3-5-6-7-8-9-10-11-12-13-14-15-16-17-21(26)19(18-24)23-22(27)20(25)4-2/h16-17,19-21,24-26H,3-15,18H2,1-2H3,(H,23,27)/b17-16+/t19-,20-,21+/m0/s1. The van der Waals surface area contributed by atoms with Crippen LogP contribution in [0.15, 0.2) is 12.2 Å². The molecule has 0 fully saturated rings. The monoisotopic (exact) mass is 385 g/mol. The Kier molecular flexibility index (Phi) is 17.8. The van der Waals surface area contributed by atoms with Gasteiger partial charge in [0.25, 0.3) is 0 Å². The van der Waals surface area contributed by atoms with Crippen LogP contribution in [0.4, 0.5) is 0 Å². The van der Waals surface area contributed by atoms with Crippen molar-refractivity contribution < 1.29 is 20.1 Å². The predicted molar refractivity (Wildman–Crippen MR) is 112 cm³/mol. The molecule has 5 nitrogen and oxygen atoms in total. The minimum absolute atomic E-state index is 0.300. The molecule has 4 N–H and O–H groups in total. The number of carbonyl (C=O) groups excluding carboxylic acids is 1. The van der Waals surface area contributed by atoms with Gasteiger partial charge in [0.15, 0.2) is 0 Å². The first-order chi connectivity index (χ1) is 13.1. The van der Waals surface area contributed by atoms with Gasteiger partial charge in [-0.2, -0.15) is 0 Å². The fourth-order valence-corrected chi connectivity index (χ4v) is 3.00. The molecule has 0 aliphatic rings. The molecule has 160 valence electrons. The van der Waals surface area contributed by atoms with E-state index in [-0.39, 0.29) is 6.61 Å². The van der Waals surface area contributed by atoms with E-state index >= 15 is 0 Å². The molecular weight excluding hydrogens is 342 g/mol. The first-order valence-corrected chi connectivity index (χ1v) is 11.0. The quantitative estimate of drug-likeness (QED) is 0.213. The fourth-order valence-electron chi connectivity index (χ4n) is 3.00. The Morgan fingerprint density at radius 2 is 1.41 bits per heavy atom. The maximum absolute atomic E-state index is 11.6. The molecule has 0 heterocycles. The SMILES string of the molecule is CCCCCCCCCCCCC/C=C/[C@@H](O)[C@H](CO)NC(=O)[C@@H](O)CC. The third kappa shape index (κ3) is 14.8. The maximum Gasteiger partial charge on any atom is 0.249 e. The highest BCUT2D eigenvalue weighted by atomic mass is 16.3. The topological polar surface area (TPSA) is 89.8 Å². The molecule has 0 saturated heterocycles. The van der Waals surface area contributed by atoms with Crippen molar-refractivity contribution in [3.05, 3.63) is 12.2 Å². The Morgan fingerprint density at radius 3 is 1.89 bits per heavy atom. The zero-order valence-electron chi connectivity index (χ0n) is 17.5. The number of amides is 1. The third-order valence-electron chi connectivity index (χ3n) is 4.93. The molecule has 0 spiro atoms. The molecule has 0 unspecified atom stereocenters. The van der Waals surface area contributed by atoms with Gasteiger partial charge in [-0.05, 0) is 19.3 Å². The van der Waals surface area contributed by atoms with Gasteiger partial charge >= 0.3 is 0 Å². The summed E-state index contributed by atoms with van der Waals surface area (Å²) in [6.45, 7) is 3.58. The second kappa shape index (κ2) is 18.5. The molecule has 0 aliphatic carbocycles. The van der Waals surface area contributed by atoms with Gasteiger partial charge in [-0.1, -0.05) is 90.2 Å². The lowest BCUT2D eigenvalue weighted by molar-refractivity contribution is -0.131. The minimum atomic E-state index is -1.11. The van der Waals surface area contributed by atoms with E-state index in [0.717, 1.165) is 12.8 Å². The Balaban J connectivity index is 3.69. The summed E-state index contributed by atoms with van der Waals surface area (Å²) >= 11 is 0. The molecule has 0 radical (unpaired) electrons. The van der Waals surface area contributed by atoms with Crippen LogP contribution in [0.5, 0.6) is 0 Å². The Hall–Kier alpha value is -0.910. The number of carbonyl (C=O) groups is 1. The van der Waals surface area contributed by atoms with Crippen LogP contribution >= 0.6 is 0 Å². The van der Waals surface area contributed by atoms with Crippen LogP contribution in [0, 0.1) is 0 Å². The molecule has 0 aliphatic heterocycles. The van der Waals surface area contributed by atoms with Gasteiger partial charge in [0.1, 0.15) is 6.10 Å². The number of rotatable bonds is 18. The van der Waals surface area contributed by atoms with Crippen LogP contribution in [-0.2, 0) is 4.79 Å². The lowest BCUT2D eigenvalue weighted by Gasteiger charge is -2.21. The average molecular weight is 386 g/mol. The minimum Gasteiger partial charge on any atom is -0.394 e. The number of hydrogen-bond acceptors (Lipinski definition) is 4. The summed E-state index contributed by atoms with van der Waals surface area (Å²) in [6.07, 6.45) is 17.0. The molecule has 0 rings (SSSR count). The van der Waals surface area contributed by atoms with E-state index in [0.29, 0.717) is 6.42 Å². The lowest BCUT2D eigenvalue weighted by Crippen LogP contribution is -2.48. The van der Waals surface area contributed by atoms with Gasteiger partial charge in [-0.15, -0.1) is 0 Å². The predicted octanol–water partition coefficient (Wildman–Crippen LogP) is 3.85. The zero-order valence-corrected chi connectivity index (χ0v) is 17.5. The number of nitrogens with one attached hydrogen (secondary N) is 1. The summed E-state index contributed by atoms with van der Waals surface area (Å²) in [5, 5.41) is 31.3. The van der Waals surface area contributed by atoms with Crippen LogP contribution in [0.1, 0.15) is 97.3 Å². The van der Waals surface area contributed by atoms with E-state index in [9.17, 15) is 20.1 Å². The first-order valence-electron chi connectivity index (χ1n) is 11.0. The van der Waals surface area contributed by atoms with E-state index in [1.807, 2.05) is 6.08 Å². The number of hydrogen-bond donors (Lipinski definition) is 4. The van der Waals surface area contributed by atoms with Crippen molar-refractivity contribution in [2.45, 2.75) is 116 Å². The summed E-state index contributed by atoms with van der Waals surface area (Å²) in [6, 6.07) is -0.785. The molecule has 3 atom stereocenters. The average Bonchev–Trinajstić information content (AvgIpc) is 2.68. The number of allylic oxidation sites excluding steroid dienone is 1. The van der Waals surface area contributed by atoms with Crippen molar-refractivity contribution in [3.8, 4) is 0 Å². The first kappa shape index (κ1) is 26.1. The van der Waals surface area contributed by atoms with Crippen molar-refractivity contribution in [2.24, 2.45) is 0 Å².